The second-order valence-corrected chi connectivity index (χ2v) is 5.76. The monoisotopic (exact) mass is 273 g/mol. The van der Waals surface area contributed by atoms with Crippen LogP contribution in [0.15, 0.2) is 24.8 Å². The molecule has 1 aliphatic heterocycles. The minimum atomic E-state index is 0.452. The molecule has 20 heavy (non-hydrogen) atoms. The summed E-state index contributed by atoms with van der Waals surface area (Å²) >= 11 is 0. The van der Waals surface area contributed by atoms with Crippen LogP contribution in [-0.2, 0) is 20.0 Å². The Bertz CT molecular complexity index is 556. The first-order chi connectivity index (χ1) is 9.74. The molecule has 0 aromatic carbocycles. The molecule has 0 bridgehead atoms. The van der Waals surface area contributed by atoms with E-state index in [2.05, 4.69) is 33.0 Å². The van der Waals surface area contributed by atoms with E-state index in [0.717, 1.165) is 13.0 Å². The Morgan fingerprint density at radius 2 is 2.30 bits per heavy atom. The summed E-state index contributed by atoms with van der Waals surface area (Å²) in [6.07, 6.45) is 10.6. The predicted octanol–water partition coefficient (Wildman–Crippen LogP) is 2.06. The van der Waals surface area contributed by atoms with Crippen LogP contribution in [0, 0.1) is 0 Å². The lowest BCUT2D eigenvalue weighted by molar-refractivity contribution is 0.329. The fraction of sp³-hybridized carbons (Fsp3) is 0.600. The molecule has 5 heteroatoms. The lowest BCUT2D eigenvalue weighted by Crippen LogP contribution is -2.35. The molecule has 0 aliphatic carbocycles. The molecule has 0 amide bonds. The summed E-state index contributed by atoms with van der Waals surface area (Å²) in [7, 11) is 1.99. The van der Waals surface area contributed by atoms with Gasteiger partial charge < -0.3 is 9.88 Å². The topological polar surface area (TPSA) is 47.7 Å². The van der Waals surface area contributed by atoms with E-state index < -0.39 is 0 Å². The van der Waals surface area contributed by atoms with Gasteiger partial charge in [0.05, 0.1) is 12.0 Å². The summed E-state index contributed by atoms with van der Waals surface area (Å²) in [6, 6.07) is 3.14. The third kappa shape index (κ3) is 2.77. The van der Waals surface area contributed by atoms with Crippen molar-refractivity contribution in [3.8, 4) is 0 Å². The van der Waals surface area contributed by atoms with Gasteiger partial charge in [0.1, 0.15) is 0 Å². The maximum absolute atomic E-state index is 4.35. The Labute approximate surface area is 120 Å². The predicted molar refractivity (Wildman–Crippen MR) is 78.3 cm³/mol. The molecule has 1 fully saturated rings. The average molecular weight is 273 g/mol. The molecular weight excluding hydrogens is 250 g/mol. The Morgan fingerprint density at radius 1 is 1.40 bits per heavy atom. The van der Waals surface area contributed by atoms with Crippen molar-refractivity contribution in [2.45, 2.75) is 51.2 Å². The zero-order valence-electron chi connectivity index (χ0n) is 12.3. The minimum Gasteiger partial charge on any atom is -0.333 e. The average Bonchev–Trinajstić information content (AvgIpc) is 3.05. The Balaban J connectivity index is 1.68. The lowest BCUT2D eigenvalue weighted by atomic mass is 9.97. The van der Waals surface area contributed by atoms with Crippen LogP contribution >= 0.6 is 0 Å². The molecule has 2 aromatic rings. The number of nitrogens with one attached hydrogen (secondary N) is 1. The molecule has 5 nitrogen and oxygen atoms in total. The second kappa shape index (κ2) is 5.79. The van der Waals surface area contributed by atoms with E-state index in [-0.39, 0.29) is 0 Å². The quantitative estimate of drug-likeness (QED) is 0.927. The van der Waals surface area contributed by atoms with Crippen LogP contribution in [0.3, 0.4) is 0 Å². The van der Waals surface area contributed by atoms with Gasteiger partial charge in [0.2, 0.25) is 0 Å². The summed E-state index contributed by atoms with van der Waals surface area (Å²) < 4.78 is 4.22. The van der Waals surface area contributed by atoms with Gasteiger partial charge in [-0.05, 0) is 32.3 Å². The largest absolute Gasteiger partial charge is 0.333 e. The summed E-state index contributed by atoms with van der Waals surface area (Å²) in [5, 5.41) is 7.90. The van der Waals surface area contributed by atoms with Gasteiger partial charge in [-0.2, -0.15) is 5.10 Å². The number of nitrogens with zero attached hydrogens (tertiary/aromatic N) is 4. The molecule has 2 aromatic heterocycles. The van der Waals surface area contributed by atoms with Gasteiger partial charge in [0.15, 0.2) is 0 Å². The van der Waals surface area contributed by atoms with Gasteiger partial charge in [-0.1, -0.05) is 0 Å². The Morgan fingerprint density at radius 3 is 3.05 bits per heavy atom. The van der Waals surface area contributed by atoms with Crippen LogP contribution in [0.2, 0.25) is 0 Å². The molecule has 3 rings (SSSR count). The molecule has 0 saturated carbocycles. The first-order valence-electron chi connectivity index (χ1n) is 7.47. The van der Waals surface area contributed by atoms with Crippen molar-refractivity contribution in [1.82, 2.24) is 24.6 Å². The van der Waals surface area contributed by atoms with Gasteiger partial charge in [-0.3, -0.25) is 4.68 Å². The van der Waals surface area contributed by atoms with Crippen molar-refractivity contribution in [2.24, 2.45) is 7.05 Å². The zero-order valence-corrected chi connectivity index (χ0v) is 12.3. The molecule has 0 spiro atoms. The van der Waals surface area contributed by atoms with Crippen molar-refractivity contribution in [3.05, 3.63) is 36.2 Å². The highest BCUT2D eigenvalue weighted by atomic mass is 15.3. The molecule has 0 radical (unpaired) electrons. The third-order valence-electron chi connectivity index (χ3n) is 4.25. The lowest BCUT2D eigenvalue weighted by Gasteiger charge is -2.29. The van der Waals surface area contributed by atoms with Crippen LogP contribution in [0.25, 0.3) is 0 Å². The number of piperidine rings is 1. The van der Waals surface area contributed by atoms with E-state index in [0.29, 0.717) is 12.1 Å². The van der Waals surface area contributed by atoms with Crippen molar-refractivity contribution in [1.29, 1.82) is 0 Å². The van der Waals surface area contributed by atoms with Crippen LogP contribution in [0.4, 0.5) is 0 Å². The summed E-state index contributed by atoms with van der Waals surface area (Å²) in [5.74, 6) is 0. The summed E-state index contributed by atoms with van der Waals surface area (Å²) in [4.78, 5) is 4.35. The highest BCUT2D eigenvalue weighted by Gasteiger charge is 2.22. The van der Waals surface area contributed by atoms with Crippen molar-refractivity contribution >= 4 is 0 Å². The van der Waals surface area contributed by atoms with E-state index in [1.165, 1.54) is 30.7 Å². The van der Waals surface area contributed by atoms with Crippen molar-refractivity contribution in [3.63, 3.8) is 0 Å². The van der Waals surface area contributed by atoms with Crippen LogP contribution in [0.5, 0.6) is 0 Å². The minimum absolute atomic E-state index is 0.452. The smallest absolute Gasteiger partial charge is 0.0948 e. The van der Waals surface area contributed by atoms with Gasteiger partial charge in [0.25, 0.3) is 0 Å². The second-order valence-electron chi connectivity index (χ2n) is 5.76. The molecule has 1 aliphatic rings. The number of imidazole rings is 1. The van der Waals surface area contributed by atoms with E-state index in [9.17, 15) is 0 Å². The molecule has 1 N–H and O–H groups in total. The summed E-state index contributed by atoms with van der Waals surface area (Å²) in [6.45, 7) is 3.23. The van der Waals surface area contributed by atoms with Crippen LogP contribution in [0.1, 0.15) is 43.6 Å². The number of hydrogen-bond donors (Lipinski definition) is 1. The van der Waals surface area contributed by atoms with Gasteiger partial charge in [-0.15, -0.1) is 0 Å². The van der Waals surface area contributed by atoms with Crippen molar-refractivity contribution < 1.29 is 0 Å². The number of hydrogen-bond acceptors (Lipinski definition) is 3. The van der Waals surface area contributed by atoms with Gasteiger partial charge >= 0.3 is 0 Å². The van der Waals surface area contributed by atoms with Crippen molar-refractivity contribution in [2.75, 3.05) is 0 Å². The Hall–Kier alpha value is -1.62. The maximum Gasteiger partial charge on any atom is 0.0948 e. The number of rotatable bonds is 4. The first kappa shape index (κ1) is 13.4. The number of aryl methyl sites for hydroxylation is 3. The van der Waals surface area contributed by atoms with Crippen LogP contribution in [-0.4, -0.2) is 25.4 Å². The van der Waals surface area contributed by atoms with Crippen LogP contribution < -0.4 is 5.32 Å². The van der Waals surface area contributed by atoms with E-state index in [4.69, 9.17) is 0 Å². The third-order valence-corrected chi connectivity index (χ3v) is 4.25. The molecule has 108 valence electrons. The highest BCUT2D eigenvalue weighted by molar-refractivity contribution is 5.08. The SMILES string of the molecule is CC1CCCC(c2cncn2CCc2ccnn2C)N1. The fourth-order valence-electron chi connectivity index (χ4n) is 3.06. The first-order valence-corrected chi connectivity index (χ1v) is 7.47. The van der Waals surface area contributed by atoms with E-state index in [1.54, 1.807) is 0 Å². The Kier molecular flexibility index (Phi) is 3.87. The fourth-order valence-corrected chi connectivity index (χ4v) is 3.06. The van der Waals surface area contributed by atoms with Gasteiger partial charge in [0, 0.05) is 50.2 Å². The molecule has 3 heterocycles. The van der Waals surface area contributed by atoms with E-state index in [1.807, 2.05) is 30.5 Å². The summed E-state index contributed by atoms with van der Waals surface area (Å²) in [5.41, 5.74) is 2.58. The van der Waals surface area contributed by atoms with E-state index >= 15 is 0 Å². The highest BCUT2D eigenvalue weighted by Crippen LogP contribution is 2.25. The standard InChI is InChI=1S/C15H23N5/c1-12-4-3-5-14(18-12)15-10-16-11-20(15)9-7-13-6-8-17-19(13)2/h6,8,10-12,14,18H,3-5,7,9H2,1-2H3. The molecule has 2 atom stereocenters. The van der Waals surface area contributed by atoms with Gasteiger partial charge in [-0.25, -0.2) is 4.98 Å². The molecule has 1 saturated heterocycles. The molecular formula is C15H23N5. The number of aromatic nitrogens is 4. The zero-order chi connectivity index (χ0) is 13.9. The molecule has 2 unspecified atom stereocenters. The normalized spacial score (nSPS) is 23.1. The maximum atomic E-state index is 4.35.